The Morgan fingerprint density at radius 1 is 1.06 bits per heavy atom. The lowest BCUT2D eigenvalue weighted by Crippen LogP contribution is -2.46. The van der Waals surface area contributed by atoms with Gasteiger partial charge in [-0.2, -0.15) is 0 Å². The molecule has 2 amide bonds. The highest BCUT2D eigenvalue weighted by molar-refractivity contribution is 6.01. The first-order valence-corrected chi connectivity index (χ1v) is 10.2. The first kappa shape index (κ1) is 19.7. The van der Waals surface area contributed by atoms with E-state index in [1.807, 2.05) is 48.5 Å². The number of aliphatic carboxylic acids is 1. The van der Waals surface area contributed by atoms with E-state index in [2.05, 4.69) is 0 Å². The van der Waals surface area contributed by atoms with Crippen molar-refractivity contribution >= 4 is 17.8 Å². The minimum atomic E-state index is -1.10. The molecule has 8 nitrogen and oxygen atoms in total. The Morgan fingerprint density at radius 2 is 1.81 bits per heavy atom. The molecule has 1 spiro atoms. The summed E-state index contributed by atoms with van der Waals surface area (Å²) in [5.41, 5.74) is 3.37. The normalized spacial score (nSPS) is 21.7. The second-order valence-corrected chi connectivity index (χ2v) is 8.09. The summed E-state index contributed by atoms with van der Waals surface area (Å²) in [6, 6.07) is 14.5. The third-order valence-corrected chi connectivity index (χ3v) is 6.13. The SMILES string of the molecule is O=C(O)[C@@H]1CC2(CN1C(=O)CN1Cc3ccc(-c4ccccc4)cc3C1=O)OCCO2. The van der Waals surface area contributed by atoms with Crippen LogP contribution in [0.25, 0.3) is 11.1 Å². The number of carboxylic acids is 1. The van der Waals surface area contributed by atoms with Gasteiger partial charge in [-0.25, -0.2) is 4.79 Å². The molecular weight excluding hydrogens is 400 g/mol. The average molecular weight is 422 g/mol. The summed E-state index contributed by atoms with van der Waals surface area (Å²) in [5.74, 6) is -2.81. The van der Waals surface area contributed by atoms with Gasteiger partial charge in [-0.15, -0.1) is 0 Å². The van der Waals surface area contributed by atoms with Crippen molar-refractivity contribution in [3.63, 3.8) is 0 Å². The summed E-state index contributed by atoms with van der Waals surface area (Å²) in [5, 5.41) is 9.58. The Morgan fingerprint density at radius 3 is 2.52 bits per heavy atom. The van der Waals surface area contributed by atoms with Crippen LogP contribution in [0.5, 0.6) is 0 Å². The molecule has 160 valence electrons. The van der Waals surface area contributed by atoms with Crippen LogP contribution in [0.4, 0.5) is 0 Å². The molecule has 0 unspecified atom stereocenters. The van der Waals surface area contributed by atoms with Gasteiger partial charge in [0.15, 0.2) is 5.79 Å². The number of amides is 2. The molecule has 2 fully saturated rings. The first-order chi connectivity index (χ1) is 15.0. The van der Waals surface area contributed by atoms with Crippen LogP contribution in [0.2, 0.25) is 0 Å². The molecule has 1 atom stereocenters. The number of benzene rings is 2. The quantitative estimate of drug-likeness (QED) is 0.806. The van der Waals surface area contributed by atoms with Gasteiger partial charge in [0.05, 0.1) is 19.8 Å². The lowest BCUT2D eigenvalue weighted by Gasteiger charge is -2.25. The molecule has 0 bridgehead atoms. The fourth-order valence-corrected chi connectivity index (χ4v) is 4.58. The monoisotopic (exact) mass is 422 g/mol. The van der Waals surface area contributed by atoms with Crippen molar-refractivity contribution in [1.29, 1.82) is 0 Å². The fraction of sp³-hybridized carbons (Fsp3) is 0.348. The zero-order valence-electron chi connectivity index (χ0n) is 16.8. The number of hydrogen-bond acceptors (Lipinski definition) is 5. The molecule has 2 aromatic rings. The zero-order chi connectivity index (χ0) is 21.6. The highest BCUT2D eigenvalue weighted by Gasteiger charge is 2.53. The van der Waals surface area contributed by atoms with E-state index in [0.29, 0.717) is 25.3 Å². The Hall–Kier alpha value is -3.23. The molecule has 3 aliphatic heterocycles. The number of fused-ring (bicyclic) bond motifs is 1. The van der Waals surface area contributed by atoms with E-state index >= 15 is 0 Å². The molecule has 31 heavy (non-hydrogen) atoms. The van der Waals surface area contributed by atoms with Crippen molar-refractivity contribution < 1.29 is 29.0 Å². The van der Waals surface area contributed by atoms with E-state index < -0.39 is 23.7 Å². The average Bonchev–Trinajstić information content (AvgIpc) is 3.48. The molecule has 3 heterocycles. The van der Waals surface area contributed by atoms with Crippen molar-refractivity contribution in [2.24, 2.45) is 0 Å². The summed E-state index contributed by atoms with van der Waals surface area (Å²) in [7, 11) is 0. The highest BCUT2D eigenvalue weighted by atomic mass is 16.7. The van der Waals surface area contributed by atoms with Crippen molar-refractivity contribution in [2.75, 3.05) is 26.3 Å². The number of carboxylic acid groups (broad SMARTS) is 1. The van der Waals surface area contributed by atoms with Crippen LogP contribution >= 0.6 is 0 Å². The van der Waals surface area contributed by atoms with Gasteiger partial charge in [0.2, 0.25) is 5.91 Å². The third-order valence-electron chi connectivity index (χ3n) is 6.13. The minimum absolute atomic E-state index is 0.0515. The van der Waals surface area contributed by atoms with Crippen molar-refractivity contribution in [3.05, 3.63) is 59.7 Å². The second kappa shape index (κ2) is 7.47. The van der Waals surface area contributed by atoms with E-state index in [1.165, 1.54) is 9.80 Å². The summed E-state index contributed by atoms with van der Waals surface area (Å²) in [4.78, 5) is 40.4. The van der Waals surface area contributed by atoms with Crippen molar-refractivity contribution in [1.82, 2.24) is 9.80 Å². The van der Waals surface area contributed by atoms with Gasteiger partial charge in [0.25, 0.3) is 5.91 Å². The lowest BCUT2D eigenvalue weighted by atomic mass is 10.0. The van der Waals surface area contributed by atoms with Crippen LogP contribution in [-0.2, 0) is 25.6 Å². The standard InChI is InChI=1S/C23H22N2O6/c26-20(25-14-23(30-8-9-31-23)11-19(25)22(28)29)13-24-12-17-7-6-16(10-18(17)21(24)27)15-4-2-1-3-5-15/h1-7,10,19H,8-9,11-14H2,(H,28,29)/t19-/m0/s1. The molecule has 0 radical (unpaired) electrons. The Bertz CT molecular complexity index is 1050. The van der Waals surface area contributed by atoms with Gasteiger partial charge in [-0.05, 0) is 22.8 Å². The minimum Gasteiger partial charge on any atom is -0.480 e. The van der Waals surface area contributed by atoms with Crippen LogP contribution < -0.4 is 0 Å². The Kier molecular flexibility index (Phi) is 4.75. The summed E-state index contributed by atoms with van der Waals surface area (Å²) in [6.45, 7) is 0.929. The summed E-state index contributed by atoms with van der Waals surface area (Å²) in [6.07, 6.45) is 0.0860. The molecule has 0 saturated carbocycles. The number of ether oxygens (including phenoxy) is 2. The molecule has 5 rings (SSSR count). The predicted molar refractivity (Wildman–Crippen MR) is 109 cm³/mol. The molecule has 0 aliphatic carbocycles. The molecule has 0 aromatic heterocycles. The summed E-state index contributed by atoms with van der Waals surface area (Å²) < 4.78 is 11.2. The van der Waals surface area contributed by atoms with E-state index in [4.69, 9.17) is 9.47 Å². The number of carbonyl (C=O) groups is 3. The van der Waals surface area contributed by atoms with Crippen LogP contribution in [0.1, 0.15) is 22.3 Å². The van der Waals surface area contributed by atoms with Gasteiger partial charge in [-0.1, -0.05) is 42.5 Å². The molecule has 2 saturated heterocycles. The van der Waals surface area contributed by atoms with E-state index in [9.17, 15) is 19.5 Å². The van der Waals surface area contributed by atoms with Crippen LogP contribution in [0.3, 0.4) is 0 Å². The zero-order valence-corrected chi connectivity index (χ0v) is 16.8. The smallest absolute Gasteiger partial charge is 0.326 e. The molecule has 1 N–H and O–H groups in total. The predicted octanol–water partition coefficient (Wildman–Crippen LogP) is 1.74. The molecular formula is C23H22N2O6. The van der Waals surface area contributed by atoms with Gasteiger partial charge < -0.3 is 24.4 Å². The molecule has 3 aliphatic rings. The van der Waals surface area contributed by atoms with Gasteiger partial charge in [0, 0.05) is 18.5 Å². The highest BCUT2D eigenvalue weighted by Crippen LogP contribution is 2.35. The topological polar surface area (TPSA) is 96.4 Å². The van der Waals surface area contributed by atoms with Crippen LogP contribution in [0.15, 0.2) is 48.5 Å². The van der Waals surface area contributed by atoms with Gasteiger partial charge in [-0.3, -0.25) is 9.59 Å². The van der Waals surface area contributed by atoms with Gasteiger partial charge in [0.1, 0.15) is 12.6 Å². The third kappa shape index (κ3) is 3.47. The lowest BCUT2D eigenvalue weighted by molar-refractivity contribution is -0.152. The van der Waals surface area contributed by atoms with E-state index in [-0.39, 0.29) is 25.4 Å². The molecule has 2 aromatic carbocycles. The van der Waals surface area contributed by atoms with Crippen LogP contribution in [0, 0.1) is 0 Å². The van der Waals surface area contributed by atoms with E-state index in [0.717, 1.165) is 16.7 Å². The number of nitrogens with zero attached hydrogens (tertiary/aromatic N) is 2. The first-order valence-electron chi connectivity index (χ1n) is 10.2. The number of likely N-dealkylation sites (tertiary alicyclic amines) is 1. The van der Waals surface area contributed by atoms with Crippen molar-refractivity contribution in [3.8, 4) is 11.1 Å². The largest absolute Gasteiger partial charge is 0.480 e. The number of rotatable bonds is 4. The maximum atomic E-state index is 13.0. The fourth-order valence-electron chi connectivity index (χ4n) is 4.58. The van der Waals surface area contributed by atoms with Gasteiger partial charge >= 0.3 is 5.97 Å². The maximum absolute atomic E-state index is 13.0. The number of hydrogen-bond donors (Lipinski definition) is 1. The Balaban J connectivity index is 1.32. The number of carbonyl (C=O) groups excluding carboxylic acids is 2. The Labute approximate surface area is 179 Å². The molecule has 8 heteroatoms. The second-order valence-electron chi connectivity index (χ2n) is 8.09. The van der Waals surface area contributed by atoms with Crippen molar-refractivity contribution in [2.45, 2.75) is 24.8 Å². The maximum Gasteiger partial charge on any atom is 0.326 e. The van der Waals surface area contributed by atoms with Crippen LogP contribution in [-0.4, -0.2) is 70.8 Å². The van der Waals surface area contributed by atoms with E-state index in [1.54, 1.807) is 0 Å². The summed E-state index contributed by atoms with van der Waals surface area (Å²) >= 11 is 0.